The second-order valence-corrected chi connectivity index (χ2v) is 8.85. The summed E-state index contributed by atoms with van der Waals surface area (Å²) in [5, 5.41) is 47.0. The number of benzene rings is 4. The van der Waals surface area contributed by atoms with Crippen molar-refractivity contribution in [3.63, 3.8) is 0 Å². The van der Waals surface area contributed by atoms with Crippen molar-refractivity contribution in [2.75, 3.05) is 0 Å². The van der Waals surface area contributed by atoms with Gasteiger partial charge in [-0.1, -0.05) is 12.1 Å². The van der Waals surface area contributed by atoms with Crippen molar-refractivity contribution >= 4 is 38.7 Å². The van der Waals surface area contributed by atoms with Crippen molar-refractivity contribution in [3.05, 3.63) is 112 Å². The zero-order valence-corrected chi connectivity index (χ0v) is 21.5. The highest BCUT2D eigenvalue weighted by atomic mass is 79.9. The van der Waals surface area contributed by atoms with Gasteiger partial charge in [0.15, 0.2) is 0 Å². The Morgan fingerprint density at radius 2 is 0.805 bits per heavy atom. The molecule has 5 rings (SSSR count). The molecule has 206 valence electrons. The van der Waals surface area contributed by atoms with E-state index in [1.54, 1.807) is 0 Å². The van der Waals surface area contributed by atoms with Gasteiger partial charge in [0.05, 0.1) is 19.7 Å². The van der Waals surface area contributed by atoms with E-state index in [4.69, 9.17) is 18.9 Å². The van der Waals surface area contributed by atoms with Crippen LogP contribution in [0.2, 0.25) is 0 Å². The number of nitro groups is 4. The van der Waals surface area contributed by atoms with Gasteiger partial charge in [-0.2, -0.15) is 0 Å². The highest BCUT2D eigenvalue weighted by molar-refractivity contribution is 9.10. The second-order valence-electron chi connectivity index (χ2n) is 8.06. The molecular weight excluding hydrogens is 616 g/mol. The van der Waals surface area contributed by atoms with Gasteiger partial charge < -0.3 is 18.9 Å². The second kappa shape index (κ2) is 10.4. The third kappa shape index (κ3) is 5.23. The molecule has 1 heterocycles. The number of hydrogen-bond donors (Lipinski definition) is 0. The first-order chi connectivity index (χ1) is 19.5. The minimum absolute atomic E-state index is 0.0301. The van der Waals surface area contributed by atoms with E-state index < -0.39 is 65.4 Å². The Balaban J connectivity index is 1.78. The van der Waals surface area contributed by atoms with E-state index in [1.807, 2.05) is 0 Å². The number of fused-ring (bicyclic) bond motifs is 8. The lowest BCUT2D eigenvalue weighted by Gasteiger charge is -2.15. The van der Waals surface area contributed by atoms with Crippen molar-refractivity contribution in [2.24, 2.45) is 0 Å². The Kier molecular flexibility index (Phi) is 6.77. The maximum Gasteiger partial charge on any atom is 0.318 e. The third-order valence-corrected chi connectivity index (χ3v) is 6.28. The SMILES string of the molecule is O=[N+]([O-])c1cc([N+](=O)[O-])c2cc1Oc1cccc(c1)Oc1cc(c([N+](=O)[O-])cc1[N+](=O)[O-])Oc1cccc(c1Br)O2. The number of halogens is 1. The van der Waals surface area contributed by atoms with Gasteiger partial charge >= 0.3 is 22.7 Å². The quantitative estimate of drug-likeness (QED) is 0.140. The first-order valence-electron chi connectivity index (χ1n) is 11.1. The van der Waals surface area contributed by atoms with Crippen LogP contribution in [0.5, 0.6) is 46.0 Å². The molecule has 16 nitrogen and oxygen atoms in total. The summed E-state index contributed by atoms with van der Waals surface area (Å²) in [6, 6.07) is 12.7. The first kappa shape index (κ1) is 26.8. The summed E-state index contributed by atoms with van der Waals surface area (Å²) in [6.07, 6.45) is 0. The number of nitro benzene ring substituents is 4. The molecule has 0 fully saturated rings. The topological polar surface area (TPSA) is 209 Å². The van der Waals surface area contributed by atoms with E-state index in [1.165, 1.54) is 42.5 Å². The fourth-order valence-corrected chi connectivity index (χ4v) is 4.14. The van der Waals surface area contributed by atoms with Gasteiger partial charge in [-0.15, -0.1) is 0 Å². The van der Waals surface area contributed by atoms with E-state index in [0.29, 0.717) is 12.1 Å². The van der Waals surface area contributed by atoms with Gasteiger partial charge in [-0.05, 0) is 40.2 Å². The number of hydrogen-bond acceptors (Lipinski definition) is 12. The van der Waals surface area contributed by atoms with Crippen LogP contribution in [-0.2, 0) is 0 Å². The Bertz CT molecular complexity index is 1670. The zero-order valence-electron chi connectivity index (χ0n) is 19.9. The van der Waals surface area contributed by atoms with E-state index >= 15 is 0 Å². The largest absolute Gasteiger partial charge is 0.450 e. The summed E-state index contributed by atoms with van der Waals surface area (Å²) in [6.45, 7) is 0. The van der Waals surface area contributed by atoms with Gasteiger partial charge in [-0.25, -0.2) is 0 Å². The lowest BCUT2D eigenvalue weighted by Crippen LogP contribution is -2.01. The molecule has 0 saturated carbocycles. The standard InChI is InChI=1S/C24H11BrN4O12/c25-24-18-5-2-6-19(24)41-23-11-21(15(27(32)33)9-17(23)29(36)37)39-13-4-1-3-12(7-13)38-20-10-22(40-18)16(28(34)35)8-14(20)26(30)31/h1-11H. The molecule has 0 aliphatic carbocycles. The number of ether oxygens (including phenoxy) is 4. The van der Waals surface area contributed by atoms with Crippen LogP contribution >= 0.6 is 15.9 Å². The zero-order chi connectivity index (χ0) is 29.4. The fourth-order valence-electron chi connectivity index (χ4n) is 3.72. The summed E-state index contributed by atoms with van der Waals surface area (Å²) in [5.74, 6) is -1.99. The number of nitrogens with zero attached hydrogens (tertiary/aromatic N) is 4. The van der Waals surface area contributed by atoms with Crippen molar-refractivity contribution < 1.29 is 38.6 Å². The van der Waals surface area contributed by atoms with Gasteiger partial charge in [0.2, 0.25) is 23.0 Å². The lowest BCUT2D eigenvalue weighted by molar-refractivity contribution is -0.395. The van der Waals surface area contributed by atoms with Gasteiger partial charge in [0.25, 0.3) is 0 Å². The van der Waals surface area contributed by atoms with Gasteiger partial charge in [0, 0.05) is 18.2 Å². The molecule has 0 atom stereocenters. The smallest absolute Gasteiger partial charge is 0.318 e. The molecular formula is C24H11BrN4O12. The maximum atomic E-state index is 11.8. The third-order valence-electron chi connectivity index (χ3n) is 5.50. The van der Waals surface area contributed by atoms with Crippen molar-refractivity contribution in [1.82, 2.24) is 0 Å². The minimum Gasteiger partial charge on any atom is -0.450 e. The van der Waals surface area contributed by atoms with E-state index in [0.717, 1.165) is 12.1 Å². The Labute approximate surface area is 235 Å². The first-order valence-corrected chi connectivity index (χ1v) is 11.8. The normalized spacial score (nSPS) is 11.6. The minimum atomic E-state index is -0.880. The summed E-state index contributed by atoms with van der Waals surface area (Å²) >= 11 is 3.23. The van der Waals surface area contributed by atoms with E-state index in [-0.39, 0.29) is 27.5 Å². The molecule has 17 heteroatoms. The predicted octanol–water partition coefficient (Wildman–Crippen LogP) is 7.56. The predicted molar refractivity (Wildman–Crippen MR) is 140 cm³/mol. The van der Waals surface area contributed by atoms with E-state index in [2.05, 4.69) is 15.9 Å². The molecule has 0 radical (unpaired) electrons. The van der Waals surface area contributed by atoms with Crippen molar-refractivity contribution in [2.45, 2.75) is 0 Å². The molecule has 41 heavy (non-hydrogen) atoms. The molecule has 1 aliphatic rings. The average molecular weight is 627 g/mol. The number of rotatable bonds is 4. The Morgan fingerprint density at radius 3 is 1.17 bits per heavy atom. The van der Waals surface area contributed by atoms with Crippen LogP contribution in [0, 0.1) is 40.5 Å². The molecule has 0 N–H and O–H groups in total. The average Bonchev–Trinajstić information content (AvgIpc) is 2.90. The van der Waals surface area contributed by atoms with Crippen LogP contribution in [0.25, 0.3) is 0 Å². The monoisotopic (exact) mass is 626 g/mol. The van der Waals surface area contributed by atoms with Crippen LogP contribution in [0.15, 0.2) is 71.2 Å². The van der Waals surface area contributed by atoms with Crippen LogP contribution in [0.3, 0.4) is 0 Å². The summed E-state index contributed by atoms with van der Waals surface area (Å²) in [4.78, 5) is 43.5. The molecule has 0 unspecified atom stereocenters. The summed E-state index contributed by atoms with van der Waals surface area (Å²) in [7, 11) is 0. The summed E-state index contributed by atoms with van der Waals surface area (Å²) < 4.78 is 22.8. The van der Waals surface area contributed by atoms with E-state index in [9.17, 15) is 40.5 Å². The maximum absolute atomic E-state index is 11.8. The highest BCUT2D eigenvalue weighted by Crippen LogP contribution is 2.48. The van der Waals surface area contributed by atoms with Crippen LogP contribution in [-0.4, -0.2) is 19.7 Å². The summed E-state index contributed by atoms with van der Waals surface area (Å²) in [5.41, 5.74) is -3.00. The van der Waals surface area contributed by atoms with Gasteiger partial charge in [-0.3, -0.25) is 40.5 Å². The molecule has 0 saturated heterocycles. The fraction of sp³-hybridized carbons (Fsp3) is 0. The molecule has 0 amide bonds. The molecule has 0 aromatic heterocycles. The highest BCUT2D eigenvalue weighted by Gasteiger charge is 2.31. The van der Waals surface area contributed by atoms with Gasteiger partial charge in [0.1, 0.15) is 39.6 Å². The molecule has 1 aliphatic heterocycles. The molecule has 4 aromatic carbocycles. The lowest BCUT2D eigenvalue weighted by atomic mass is 10.2. The van der Waals surface area contributed by atoms with Crippen molar-refractivity contribution in [1.29, 1.82) is 0 Å². The van der Waals surface area contributed by atoms with Crippen molar-refractivity contribution in [3.8, 4) is 46.0 Å². The van der Waals surface area contributed by atoms with Crippen LogP contribution < -0.4 is 18.9 Å². The van der Waals surface area contributed by atoms with Crippen LogP contribution in [0.1, 0.15) is 0 Å². The molecule has 0 spiro atoms. The Morgan fingerprint density at radius 1 is 0.463 bits per heavy atom. The van der Waals surface area contributed by atoms with Crippen LogP contribution in [0.4, 0.5) is 22.7 Å². The molecule has 4 aromatic rings. The molecule has 8 bridgehead atoms. The Hall–Kier alpha value is -5.84.